The Balaban J connectivity index is 2.18. The molecule has 0 fully saturated rings. The number of benzene rings is 1. The maximum absolute atomic E-state index is 4.26. The number of nitrogens with one attached hydrogen (secondary N) is 1. The molecular weight excluding hydrogens is 254 g/mol. The Morgan fingerprint density at radius 3 is 2.47 bits per heavy atom. The summed E-state index contributed by atoms with van der Waals surface area (Å²) in [6, 6.07) is 8.55. The predicted molar refractivity (Wildman–Crippen MR) is 81.9 cm³/mol. The topological polar surface area (TPSA) is 29.9 Å². The largest absolute Gasteiger partial charge is 0.306 e. The summed E-state index contributed by atoms with van der Waals surface area (Å²) in [5.74, 6) is 0. The van der Waals surface area contributed by atoms with Crippen molar-refractivity contribution in [2.75, 3.05) is 6.26 Å². The number of hydrogen-bond acceptors (Lipinski definition) is 3. The number of imidazole rings is 1. The minimum absolute atomic E-state index is 0.109. The Labute approximate surface area is 119 Å². The molecule has 1 N–H and O–H groups in total. The van der Waals surface area contributed by atoms with Crippen LogP contribution in [0.1, 0.15) is 26.5 Å². The molecule has 1 heterocycles. The van der Waals surface area contributed by atoms with Crippen molar-refractivity contribution >= 4 is 11.8 Å². The lowest BCUT2D eigenvalue weighted by Gasteiger charge is -2.21. The third-order valence-corrected chi connectivity index (χ3v) is 3.61. The van der Waals surface area contributed by atoms with Crippen molar-refractivity contribution in [1.29, 1.82) is 0 Å². The van der Waals surface area contributed by atoms with Gasteiger partial charge in [-0.25, -0.2) is 4.98 Å². The fourth-order valence-corrected chi connectivity index (χ4v) is 2.19. The number of hydrogen-bond donors (Lipinski definition) is 1. The first-order valence-electron chi connectivity index (χ1n) is 6.40. The van der Waals surface area contributed by atoms with Crippen molar-refractivity contribution in [2.24, 2.45) is 0 Å². The molecule has 2 rings (SSSR count). The molecule has 0 atom stereocenters. The molecule has 0 aliphatic heterocycles. The molecular formula is C15H21N3S. The second-order valence-electron chi connectivity index (χ2n) is 5.56. The number of thioether (sulfide) groups is 1. The SMILES string of the molecule is CSc1ccc(-n2cncc2CNC(C)(C)C)cc1. The zero-order valence-electron chi connectivity index (χ0n) is 12.0. The summed E-state index contributed by atoms with van der Waals surface area (Å²) in [6.07, 6.45) is 5.87. The van der Waals surface area contributed by atoms with Crippen LogP contribution in [-0.2, 0) is 6.54 Å². The molecule has 2 aromatic rings. The second kappa shape index (κ2) is 5.80. The van der Waals surface area contributed by atoms with Crippen LogP contribution >= 0.6 is 11.8 Å². The van der Waals surface area contributed by atoms with E-state index in [0.717, 1.165) is 12.2 Å². The van der Waals surface area contributed by atoms with Gasteiger partial charge in [0.25, 0.3) is 0 Å². The molecule has 3 nitrogen and oxygen atoms in total. The highest BCUT2D eigenvalue weighted by Gasteiger charge is 2.11. The van der Waals surface area contributed by atoms with Crippen LogP contribution in [0.3, 0.4) is 0 Å². The average molecular weight is 275 g/mol. The van der Waals surface area contributed by atoms with E-state index in [2.05, 4.69) is 66.2 Å². The van der Waals surface area contributed by atoms with Gasteiger partial charge in [-0.05, 0) is 51.3 Å². The van der Waals surface area contributed by atoms with Gasteiger partial charge in [0.15, 0.2) is 0 Å². The molecule has 0 aliphatic carbocycles. The van der Waals surface area contributed by atoms with Crippen LogP contribution in [0.5, 0.6) is 0 Å². The summed E-state index contributed by atoms with van der Waals surface area (Å²) >= 11 is 1.76. The van der Waals surface area contributed by atoms with E-state index in [0.29, 0.717) is 0 Å². The van der Waals surface area contributed by atoms with Gasteiger partial charge in [-0.15, -0.1) is 11.8 Å². The first-order valence-corrected chi connectivity index (χ1v) is 7.63. The average Bonchev–Trinajstić information content (AvgIpc) is 2.84. The Bertz CT molecular complexity index is 523. The van der Waals surface area contributed by atoms with Crippen molar-refractivity contribution in [3.8, 4) is 5.69 Å². The lowest BCUT2D eigenvalue weighted by Crippen LogP contribution is -2.35. The molecule has 102 valence electrons. The fourth-order valence-electron chi connectivity index (χ4n) is 1.78. The Morgan fingerprint density at radius 2 is 1.89 bits per heavy atom. The Kier molecular flexibility index (Phi) is 4.32. The molecule has 19 heavy (non-hydrogen) atoms. The molecule has 0 aliphatic rings. The van der Waals surface area contributed by atoms with Crippen LogP contribution in [0.2, 0.25) is 0 Å². The van der Waals surface area contributed by atoms with Gasteiger partial charge in [-0.2, -0.15) is 0 Å². The molecule has 0 unspecified atom stereocenters. The quantitative estimate of drug-likeness (QED) is 0.866. The smallest absolute Gasteiger partial charge is 0.0994 e. The second-order valence-corrected chi connectivity index (χ2v) is 6.44. The fraction of sp³-hybridized carbons (Fsp3) is 0.400. The first kappa shape index (κ1) is 14.2. The normalized spacial score (nSPS) is 11.8. The first-order chi connectivity index (χ1) is 8.99. The predicted octanol–water partition coefficient (Wildman–Crippen LogP) is 3.48. The van der Waals surface area contributed by atoms with E-state index in [4.69, 9.17) is 0 Å². The van der Waals surface area contributed by atoms with Gasteiger partial charge in [-0.3, -0.25) is 0 Å². The molecule has 0 saturated carbocycles. The van der Waals surface area contributed by atoms with Crippen molar-refractivity contribution in [1.82, 2.24) is 14.9 Å². The van der Waals surface area contributed by atoms with Crippen LogP contribution in [-0.4, -0.2) is 21.3 Å². The van der Waals surface area contributed by atoms with Gasteiger partial charge in [-0.1, -0.05) is 0 Å². The zero-order chi connectivity index (χ0) is 13.9. The van der Waals surface area contributed by atoms with Gasteiger partial charge in [0, 0.05) is 28.9 Å². The Morgan fingerprint density at radius 1 is 1.21 bits per heavy atom. The van der Waals surface area contributed by atoms with E-state index in [1.165, 1.54) is 10.6 Å². The molecule has 0 bridgehead atoms. The minimum Gasteiger partial charge on any atom is -0.306 e. The van der Waals surface area contributed by atoms with Gasteiger partial charge in [0.1, 0.15) is 0 Å². The summed E-state index contributed by atoms with van der Waals surface area (Å²) in [7, 11) is 0. The lowest BCUT2D eigenvalue weighted by atomic mass is 10.1. The van der Waals surface area contributed by atoms with E-state index in [1.807, 2.05) is 12.5 Å². The lowest BCUT2D eigenvalue weighted by molar-refractivity contribution is 0.419. The van der Waals surface area contributed by atoms with E-state index >= 15 is 0 Å². The zero-order valence-corrected chi connectivity index (χ0v) is 12.8. The molecule has 0 saturated heterocycles. The standard InChI is InChI=1S/C15H21N3S/c1-15(2,3)17-10-13-9-16-11-18(13)12-5-7-14(19-4)8-6-12/h5-9,11,17H,10H2,1-4H3. The van der Waals surface area contributed by atoms with Crippen molar-refractivity contribution in [3.63, 3.8) is 0 Å². The van der Waals surface area contributed by atoms with Gasteiger partial charge in [0.2, 0.25) is 0 Å². The molecule has 1 aromatic carbocycles. The third kappa shape index (κ3) is 3.85. The van der Waals surface area contributed by atoms with Crippen LogP contribution < -0.4 is 5.32 Å². The summed E-state index contributed by atoms with van der Waals surface area (Å²) in [4.78, 5) is 5.54. The van der Waals surface area contributed by atoms with Gasteiger partial charge < -0.3 is 9.88 Å². The van der Waals surface area contributed by atoms with Crippen LogP contribution in [0, 0.1) is 0 Å². The highest BCUT2D eigenvalue weighted by molar-refractivity contribution is 7.98. The summed E-state index contributed by atoms with van der Waals surface area (Å²) in [5, 5.41) is 3.49. The molecule has 0 spiro atoms. The van der Waals surface area contributed by atoms with Crippen LogP contribution in [0.25, 0.3) is 5.69 Å². The Hall–Kier alpha value is -1.26. The summed E-state index contributed by atoms with van der Waals surface area (Å²) < 4.78 is 2.13. The van der Waals surface area contributed by atoms with Crippen LogP contribution in [0.15, 0.2) is 41.7 Å². The van der Waals surface area contributed by atoms with Crippen LogP contribution in [0.4, 0.5) is 0 Å². The van der Waals surface area contributed by atoms with E-state index in [-0.39, 0.29) is 5.54 Å². The number of rotatable bonds is 4. The monoisotopic (exact) mass is 275 g/mol. The molecule has 0 amide bonds. The van der Waals surface area contributed by atoms with E-state index < -0.39 is 0 Å². The number of nitrogens with zero attached hydrogens (tertiary/aromatic N) is 2. The highest BCUT2D eigenvalue weighted by Crippen LogP contribution is 2.18. The summed E-state index contributed by atoms with van der Waals surface area (Å²) in [5.41, 5.74) is 2.44. The van der Waals surface area contributed by atoms with Crippen molar-refractivity contribution in [3.05, 3.63) is 42.5 Å². The highest BCUT2D eigenvalue weighted by atomic mass is 32.2. The van der Waals surface area contributed by atoms with Crippen molar-refractivity contribution < 1.29 is 0 Å². The molecule has 4 heteroatoms. The maximum Gasteiger partial charge on any atom is 0.0994 e. The third-order valence-electron chi connectivity index (χ3n) is 2.87. The molecule has 0 radical (unpaired) electrons. The number of aromatic nitrogens is 2. The van der Waals surface area contributed by atoms with Crippen molar-refractivity contribution in [2.45, 2.75) is 37.8 Å². The van der Waals surface area contributed by atoms with Gasteiger partial charge in [0.05, 0.1) is 12.0 Å². The molecule has 1 aromatic heterocycles. The van der Waals surface area contributed by atoms with Gasteiger partial charge >= 0.3 is 0 Å². The maximum atomic E-state index is 4.26. The van der Waals surface area contributed by atoms with E-state index in [1.54, 1.807) is 11.8 Å². The van der Waals surface area contributed by atoms with E-state index in [9.17, 15) is 0 Å². The summed E-state index contributed by atoms with van der Waals surface area (Å²) in [6.45, 7) is 7.32. The minimum atomic E-state index is 0.109.